The summed E-state index contributed by atoms with van der Waals surface area (Å²) >= 11 is 0. The molecule has 1 N–H and O–H groups in total. The largest absolute Gasteiger partial charge is 0.493 e. The van der Waals surface area contributed by atoms with Gasteiger partial charge in [-0.05, 0) is 62.1 Å². The molecule has 9 heteroatoms. The molecule has 0 fully saturated rings. The Kier molecular flexibility index (Phi) is 8.72. The Morgan fingerprint density at radius 1 is 0.975 bits per heavy atom. The fourth-order valence-corrected chi connectivity index (χ4v) is 4.49. The number of fused-ring (bicyclic) bond motifs is 1. The number of nitrogens with zero attached hydrogens (tertiary/aromatic N) is 4. The fourth-order valence-electron chi connectivity index (χ4n) is 4.49. The maximum Gasteiger partial charge on any atom is 0.249 e. The lowest BCUT2D eigenvalue weighted by Crippen LogP contribution is -2.51. The molecule has 1 heterocycles. The Hall–Kier alpha value is -4.40. The molecular weight excluding hydrogens is 506 g/mol. The zero-order valence-corrected chi connectivity index (χ0v) is 24.0. The molecule has 3 aromatic carbocycles. The summed E-state index contributed by atoms with van der Waals surface area (Å²) in [6.45, 7) is 7.89. The van der Waals surface area contributed by atoms with E-state index in [0.29, 0.717) is 28.3 Å². The number of benzene rings is 3. The van der Waals surface area contributed by atoms with Crippen molar-refractivity contribution in [2.75, 3.05) is 19.1 Å². The first-order valence-electron chi connectivity index (χ1n) is 13.4. The number of aryl methyl sites for hydroxylation is 1. The zero-order chi connectivity index (χ0) is 28.9. The number of rotatable bonds is 11. The summed E-state index contributed by atoms with van der Waals surface area (Å²) < 4.78 is 12.5. The molecule has 40 heavy (non-hydrogen) atoms. The summed E-state index contributed by atoms with van der Waals surface area (Å²) in [7, 11) is 3.08. The van der Waals surface area contributed by atoms with Gasteiger partial charge in [0, 0.05) is 17.3 Å². The quantitative estimate of drug-likeness (QED) is 0.283. The molecule has 0 radical (unpaired) electrons. The van der Waals surface area contributed by atoms with Gasteiger partial charge in [-0.3, -0.25) is 14.5 Å². The van der Waals surface area contributed by atoms with E-state index < -0.39 is 11.6 Å². The van der Waals surface area contributed by atoms with Crippen LogP contribution in [0, 0.1) is 0 Å². The van der Waals surface area contributed by atoms with Crippen LogP contribution in [0.5, 0.6) is 11.5 Å². The van der Waals surface area contributed by atoms with Crippen LogP contribution in [0.25, 0.3) is 11.0 Å². The summed E-state index contributed by atoms with van der Waals surface area (Å²) in [5.41, 5.74) is 3.24. The summed E-state index contributed by atoms with van der Waals surface area (Å²) in [4.78, 5) is 29.9. The normalized spacial score (nSPS) is 12.2. The van der Waals surface area contributed by atoms with Crippen LogP contribution in [0.4, 0.5) is 5.69 Å². The maximum atomic E-state index is 14.3. The van der Waals surface area contributed by atoms with E-state index >= 15 is 0 Å². The summed E-state index contributed by atoms with van der Waals surface area (Å²) in [6, 6.07) is 19.5. The number of aromatic nitrogens is 3. The summed E-state index contributed by atoms with van der Waals surface area (Å²) in [5, 5.41) is 11.6. The lowest BCUT2D eigenvalue weighted by Gasteiger charge is -2.35. The third-order valence-electron chi connectivity index (χ3n) is 7.17. The van der Waals surface area contributed by atoms with Gasteiger partial charge in [0.05, 0.1) is 19.7 Å². The molecule has 4 rings (SSSR count). The molecule has 0 unspecified atom stereocenters. The van der Waals surface area contributed by atoms with E-state index in [1.165, 1.54) is 12.0 Å². The van der Waals surface area contributed by atoms with Crippen molar-refractivity contribution in [1.29, 1.82) is 0 Å². The average molecular weight is 544 g/mol. The molecule has 0 aliphatic heterocycles. The first kappa shape index (κ1) is 28.6. The minimum atomic E-state index is -0.961. The molecule has 0 saturated heterocycles. The van der Waals surface area contributed by atoms with E-state index in [4.69, 9.17) is 9.47 Å². The number of nitrogens with one attached hydrogen (secondary N) is 1. The average Bonchev–Trinajstić information content (AvgIpc) is 3.37. The number of carbonyl (C=O) groups is 2. The zero-order valence-electron chi connectivity index (χ0n) is 24.0. The van der Waals surface area contributed by atoms with Gasteiger partial charge in [0.2, 0.25) is 11.8 Å². The third kappa shape index (κ3) is 6.09. The van der Waals surface area contributed by atoms with Crippen molar-refractivity contribution in [3.8, 4) is 11.5 Å². The van der Waals surface area contributed by atoms with Gasteiger partial charge in [-0.1, -0.05) is 55.5 Å². The predicted octanol–water partition coefficient (Wildman–Crippen LogP) is 5.09. The Morgan fingerprint density at radius 3 is 2.33 bits per heavy atom. The van der Waals surface area contributed by atoms with E-state index in [1.807, 2.05) is 69.3 Å². The molecule has 1 aromatic heterocycles. The number of methoxy groups -OCH3 is 2. The number of anilines is 1. The van der Waals surface area contributed by atoms with Crippen molar-refractivity contribution in [3.05, 3.63) is 77.9 Å². The van der Waals surface area contributed by atoms with E-state index in [9.17, 15) is 9.59 Å². The van der Waals surface area contributed by atoms with Crippen molar-refractivity contribution in [2.45, 2.75) is 58.7 Å². The van der Waals surface area contributed by atoms with Crippen molar-refractivity contribution >= 4 is 28.5 Å². The molecule has 0 bridgehead atoms. The third-order valence-corrected chi connectivity index (χ3v) is 7.17. The molecule has 0 spiro atoms. The summed E-state index contributed by atoms with van der Waals surface area (Å²) in [5.74, 6) is 0.333. The van der Waals surface area contributed by atoms with Crippen LogP contribution < -0.4 is 19.7 Å². The first-order chi connectivity index (χ1) is 19.2. The van der Waals surface area contributed by atoms with Gasteiger partial charge in [0.1, 0.15) is 18.1 Å². The number of amides is 2. The second-order valence-corrected chi connectivity index (χ2v) is 10.3. The number of hydrogen-bond donors (Lipinski definition) is 1. The van der Waals surface area contributed by atoms with Gasteiger partial charge in [0.25, 0.3) is 0 Å². The summed E-state index contributed by atoms with van der Waals surface area (Å²) in [6.07, 6.45) is 1.58. The Balaban J connectivity index is 1.87. The van der Waals surface area contributed by atoms with E-state index in [1.54, 1.807) is 30.0 Å². The van der Waals surface area contributed by atoms with Crippen molar-refractivity contribution in [2.24, 2.45) is 0 Å². The van der Waals surface area contributed by atoms with E-state index in [0.717, 1.165) is 23.9 Å². The number of carbonyl (C=O) groups excluding carboxylic acids is 2. The van der Waals surface area contributed by atoms with Crippen LogP contribution in [0.15, 0.2) is 66.7 Å². The lowest BCUT2D eigenvalue weighted by molar-refractivity contribution is -0.128. The van der Waals surface area contributed by atoms with Gasteiger partial charge in [0.15, 0.2) is 11.5 Å². The Morgan fingerprint density at radius 2 is 1.68 bits per heavy atom. The van der Waals surface area contributed by atoms with E-state index in [2.05, 4.69) is 22.6 Å². The molecule has 0 aliphatic rings. The highest BCUT2D eigenvalue weighted by molar-refractivity contribution is 6.02. The van der Waals surface area contributed by atoms with Gasteiger partial charge in [-0.25, -0.2) is 4.68 Å². The van der Waals surface area contributed by atoms with Crippen LogP contribution in [-0.2, 0) is 22.6 Å². The van der Waals surface area contributed by atoms with Crippen LogP contribution in [0.1, 0.15) is 51.3 Å². The standard InChI is InChI=1S/C31H37N5O4/c1-7-21-13-15-22(16-14-21)29(30(38)32-31(3,4)8-2)36(23-17-18-26(39-5)27(19-23)40-6)28(37)20-35-25-12-10-9-11-24(25)33-34-35/h9-19,29H,7-8,20H2,1-6H3,(H,32,38)/t29-/m0/s1. The van der Waals surface area contributed by atoms with Crippen molar-refractivity contribution in [3.63, 3.8) is 0 Å². The van der Waals surface area contributed by atoms with Gasteiger partial charge >= 0.3 is 0 Å². The maximum absolute atomic E-state index is 14.3. The van der Waals surface area contributed by atoms with Crippen LogP contribution in [0.3, 0.4) is 0 Å². The van der Waals surface area contributed by atoms with Crippen molar-refractivity contribution < 1.29 is 19.1 Å². The molecule has 4 aromatic rings. The molecule has 0 aliphatic carbocycles. The Bertz CT molecular complexity index is 1480. The highest BCUT2D eigenvalue weighted by atomic mass is 16.5. The van der Waals surface area contributed by atoms with Crippen molar-refractivity contribution in [1.82, 2.24) is 20.3 Å². The molecule has 9 nitrogen and oxygen atoms in total. The minimum Gasteiger partial charge on any atom is -0.493 e. The fraction of sp³-hybridized carbons (Fsp3) is 0.355. The topological polar surface area (TPSA) is 98.6 Å². The molecule has 210 valence electrons. The predicted molar refractivity (Wildman–Crippen MR) is 156 cm³/mol. The van der Waals surface area contributed by atoms with Crippen LogP contribution in [-0.4, -0.2) is 46.6 Å². The van der Waals surface area contributed by atoms with E-state index in [-0.39, 0.29) is 18.4 Å². The minimum absolute atomic E-state index is 0.122. The van der Waals surface area contributed by atoms with Gasteiger partial charge < -0.3 is 14.8 Å². The highest BCUT2D eigenvalue weighted by Gasteiger charge is 2.35. The molecular formula is C31H37N5O4. The smallest absolute Gasteiger partial charge is 0.249 e. The number of para-hydroxylation sites is 1. The van der Waals surface area contributed by atoms with Crippen LogP contribution >= 0.6 is 0 Å². The number of ether oxygens (including phenoxy) is 2. The lowest BCUT2D eigenvalue weighted by atomic mass is 9.97. The highest BCUT2D eigenvalue weighted by Crippen LogP contribution is 2.36. The second-order valence-electron chi connectivity index (χ2n) is 10.3. The molecule has 2 amide bonds. The SMILES string of the molecule is CCc1ccc([C@@H](C(=O)NC(C)(C)CC)N(C(=O)Cn2nnc3ccccc32)c2ccc(OC)c(OC)c2)cc1. The van der Waals surface area contributed by atoms with Crippen LogP contribution in [0.2, 0.25) is 0 Å². The molecule has 0 saturated carbocycles. The van der Waals surface area contributed by atoms with Gasteiger partial charge in [-0.15, -0.1) is 5.10 Å². The molecule has 1 atom stereocenters. The monoisotopic (exact) mass is 543 g/mol. The number of hydrogen-bond acceptors (Lipinski definition) is 6. The van der Waals surface area contributed by atoms with Gasteiger partial charge in [-0.2, -0.15) is 0 Å². The second kappa shape index (κ2) is 12.2. The first-order valence-corrected chi connectivity index (χ1v) is 13.4. The Labute approximate surface area is 235 Å².